The van der Waals surface area contributed by atoms with Crippen LogP contribution in [0.5, 0.6) is 0 Å². The molecule has 2 aliphatic rings. The van der Waals surface area contributed by atoms with Crippen molar-refractivity contribution in [3.05, 3.63) is 0 Å². The minimum atomic E-state index is 0.00228. The molecule has 3 atom stereocenters. The number of hydrogen-bond donors (Lipinski definition) is 1. The molecule has 1 nitrogen and oxygen atoms in total. The molecule has 2 rings (SSSR count). The van der Waals surface area contributed by atoms with Crippen LogP contribution in [0.3, 0.4) is 0 Å². The van der Waals surface area contributed by atoms with E-state index < -0.39 is 0 Å². The Labute approximate surface area is 120 Å². The number of hydrogen-bond acceptors (Lipinski definition) is 1. The molecular formula is C18H34O. The van der Waals surface area contributed by atoms with E-state index in [1.165, 1.54) is 57.8 Å². The molecule has 0 spiro atoms. The predicted molar refractivity (Wildman–Crippen MR) is 82.0 cm³/mol. The Hall–Kier alpha value is -0.0400. The Balaban J connectivity index is 1.81. The molecule has 0 amide bonds. The van der Waals surface area contributed by atoms with E-state index in [1.54, 1.807) is 0 Å². The topological polar surface area (TPSA) is 20.2 Å². The molecule has 0 aromatic heterocycles. The third-order valence-electron chi connectivity index (χ3n) is 6.13. The molecule has 1 N–H and O–H groups in total. The van der Waals surface area contributed by atoms with Gasteiger partial charge in [0.25, 0.3) is 0 Å². The first-order valence-corrected chi connectivity index (χ1v) is 8.79. The fourth-order valence-corrected chi connectivity index (χ4v) is 4.55. The molecule has 2 saturated carbocycles. The van der Waals surface area contributed by atoms with Gasteiger partial charge in [-0.25, -0.2) is 0 Å². The summed E-state index contributed by atoms with van der Waals surface area (Å²) in [6, 6.07) is 0. The Kier molecular flexibility index (Phi) is 5.74. The summed E-state index contributed by atoms with van der Waals surface area (Å²) in [4.78, 5) is 0. The quantitative estimate of drug-likeness (QED) is 0.757. The van der Waals surface area contributed by atoms with E-state index in [4.69, 9.17) is 0 Å². The standard InChI is InChI=1S/C18H34O/c1-4-14-6-5-7-17(12-14)18(19)16-10-8-15(9-11-16)13(2)3/h13-19H,4-12H2,1-3H3. The minimum absolute atomic E-state index is 0.00228. The van der Waals surface area contributed by atoms with Gasteiger partial charge in [-0.1, -0.05) is 40.0 Å². The zero-order valence-electron chi connectivity index (χ0n) is 13.3. The van der Waals surface area contributed by atoms with Gasteiger partial charge in [0, 0.05) is 0 Å². The van der Waals surface area contributed by atoms with Crippen molar-refractivity contribution >= 4 is 0 Å². The van der Waals surface area contributed by atoms with E-state index in [0.717, 1.165) is 17.8 Å². The van der Waals surface area contributed by atoms with Crippen LogP contribution >= 0.6 is 0 Å². The zero-order chi connectivity index (χ0) is 13.8. The summed E-state index contributed by atoms with van der Waals surface area (Å²) in [5.74, 6) is 3.85. The summed E-state index contributed by atoms with van der Waals surface area (Å²) in [6.45, 7) is 7.02. The highest BCUT2D eigenvalue weighted by molar-refractivity contribution is 4.85. The van der Waals surface area contributed by atoms with Crippen LogP contribution in [0.15, 0.2) is 0 Å². The molecular weight excluding hydrogens is 232 g/mol. The lowest BCUT2D eigenvalue weighted by molar-refractivity contribution is 0.000140. The Morgan fingerprint density at radius 1 is 0.895 bits per heavy atom. The smallest absolute Gasteiger partial charge is 0.0596 e. The summed E-state index contributed by atoms with van der Waals surface area (Å²) < 4.78 is 0. The van der Waals surface area contributed by atoms with Crippen molar-refractivity contribution in [3.8, 4) is 0 Å². The minimum Gasteiger partial charge on any atom is -0.393 e. The van der Waals surface area contributed by atoms with Gasteiger partial charge in [-0.3, -0.25) is 0 Å². The SMILES string of the molecule is CCC1CCCC(C(O)C2CCC(C(C)C)CC2)C1. The maximum atomic E-state index is 10.7. The van der Waals surface area contributed by atoms with Crippen molar-refractivity contribution < 1.29 is 5.11 Å². The molecule has 2 fully saturated rings. The zero-order valence-corrected chi connectivity index (χ0v) is 13.3. The lowest BCUT2D eigenvalue weighted by atomic mass is 9.69. The fraction of sp³-hybridized carbons (Fsp3) is 1.00. The molecule has 0 aromatic carbocycles. The molecule has 3 unspecified atom stereocenters. The highest BCUT2D eigenvalue weighted by Gasteiger charge is 2.34. The van der Waals surface area contributed by atoms with Gasteiger partial charge in [-0.15, -0.1) is 0 Å². The Bertz CT molecular complexity index is 252. The van der Waals surface area contributed by atoms with E-state index in [-0.39, 0.29) is 6.10 Å². The maximum Gasteiger partial charge on any atom is 0.0596 e. The maximum absolute atomic E-state index is 10.7. The van der Waals surface area contributed by atoms with E-state index >= 15 is 0 Å². The molecule has 2 aliphatic carbocycles. The molecule has 0 radical (unpaired) electrons. The molecule has 0 aliphatic heterocycles. The van der Waals surface area contributed by atoms with Crippen LogP contribution in [0.4, 0.5) is 0 Å². The van der Waals surface area contributed by atoms with E-state index in [0.29, 0.717) is 11.8 Å². The van der Waals surface area contributed by atoms with Crippen molar-refractivity contribution in [2.45, 2.75) is 84.7 Å². The molecule has 0 heterocycles. The summed E-state index contributed by atoms with van der Waals surface area (Å²) in [7, 11) is 0. The first kappa shape index (κ1) is 15.4. The monoisotopic (exact) mass is 266 g/mol. The van der Waals surface area contributed by atoms with E-state index in [9.17, 15) is 5.11 Å². The normalized spacial score (nSPS) is 38.4. The van der Waals surface area contributed by atoms with Crippen molar-refractivity contribution in [2.24, 2.45) is 29.6 Å². The average Bonchev–Trinajstić information content (AvgIpc) is 2.46. The first-order chi connectivity index (χ1) is 9.11. The second kappa shape index (κ2) is 7.11. The van der Waals surface area contributed by atoms with Gasteiger partial charge in [-0.2, -0.15) is 0 Å². The Morgan fingerprint density at radius 3 is 2.11 bits per heavy atom. The van der Waals surface area contributed by atoms with Gasteiger partial charge >= 0.3 is 0 Å². The first-order valence-electron chi connectivity index (χ1n) is 8.79. The molecule has 0 saturated heterocycles. The second-order valence-corrected chi connectivity index (χ2v) is 7.61. The number of rotatable bonds is 4. The van der Waals surface area contributed by atoms with Gasteiger partial charge in [-0.05, 0) is 68.1 Å². The van der Waals surface area contributed by atoms with E-state index in [2.05, 4.69) is 20.8 Å². The lowest BCUT2D eigenvalue weighted by Crippen LogP contribution is -2.35. The molecule has 0 aromatic rings. The van der Waals surface area contributed by atoms with Gasteiger partial charge < -0.3 is 5.11 Å². The van der Waals surface area contributed by atoms with Crippen LogP contribution in [0, 0.1) is 29.6 Å². The molecule has 19 heavy (non-hydrogen) atoms. The number of aliphatic hydroxyl groups excluding tert-OH is 1. The predicted octanol–water partition coefficient (Wildman–Crippen LogP) is 5.03. The van der Waals surface area contributed by atoms with Crippen molar-refractivity contribution in [3.63, 3.8) is 0 Å². The summed E-state index contributed by atoms with van der Waals surface area (Å²) in [6.07, 6.45) is 11.9. The van der Waals surface area contributed by atoms with E-state index in [1.807, 2.05) is 0 Å². The number of aliphatic hydroxyl groups is 1. The highest BCUT2D eigenvalue weighted by atomic mass is 16.3. The molecule has 0 bridgehead atoms. The fourth-order valence-electron chi connectivity index (χ4n) is 4.55. The largest absolute Gasteiger partial charge is 0.393 e. The van der Waals surface area contributed by atoms with Crippen LogP contribution in [0.1, 0.15) is 78.6 Å². The van der Waals surface area contributed by atoms with Gasteiger partial charge in [0.2, 0.25) is 0 Å². The van der Waals surface area contributed by atoms with Crippen molar-refractivity contribution in [1.82, 2.24) is 0 Å². The van der Waals surface area contributed by atoms with Crippen LogP contribution in [-0.2, 0) is 0 Å². The molecule has 112 valence electrons. The third kappa shape index (κ3) is 3.97. The van der Waals surface area contributed by atoms with Crippen LogP contribution in [-0.4, -0.2) is 11.2 Å². The van der Waals surface area contributed by atoms with Crippen LogP contribution < -0.4 is 0 Å². The van der Waals surface area contributed by atoms with Crippen LogP contribution in [0.25, 0.3) is 0 Å². The summed E-state index contributed by atoms with van der Waals surface area (Å²) >= 11 is 0. The van der Waals surface area contributed by atoms with Gasteiger partial charge in [0.1, 0.15) is 0 Å². The second-order valence-electron chi connectivity index (χ2n) is 7.61. The van der Waals surface area contributed by atoms with Crippen molar-refractivity contribution in [1.29, 1.82) is 0 Å². The summed E-state index contributed by atoms with van der Waals surface area (Å²) in [5.41, 5.74) is 0. The lowest BCUT2D eigenvalue weighted by Gasteiger charge is -2.39. The van der Waals surface area contributed by atoms with Crippen molar-refractivity contribution in [2.75, 3.05) is 0 Å². The van der Waals surface area contributed by atoms with Gasteiger partial charge in [0.15, 0.2) is 0 Å². The highest BCUT2D eigenvalue weighted by Crippen LogP contribution is 2.40. The summed E-state index contributed by atoms with van der Waals surface area (Å²) in [5, 5.41) is 10.7. The van der Waals surface area contributed by atoms with Gasteiger partial charge in [0.05, 0.1) is 6.10 Å². The molecule has 1 heteroatoms. The van der Waals surface area contributed by atoms with Crippen LogP contribution in [0.2, 0.25) is 0 Å². The Morgan fingerprint density at radius 2 is 1.53 bits per heavy atom. The average molecular weight is 266 g/mol. The third-order valence-corrected chi connectivity index (χ3v) is 6.13.